The first-order valence-electron chi connectivity index (χ1n) is 12.4. The van der Waals surface area contributed by atoms with E-state index < -0.39 is 10.0 Å². The molecule has 0 bridgehead atoms. The van der Waals surface area contributed by atoms with Crippen molar-refractivity contribution in [2.75, 3.05) is 13.7 Å². The highest BCUT2D eigenvalue weighted by Gasteiger charge is 2.18. The molecule has 1 heterocycles. The van der Waals surface area contributed by atoms with Gasteiger partial charge in [0.25, 0.3) is 0 Å². The second kappa shape index (κ2) is 12.0. The SMILES string of the molecule is CCCCCc1ccc(S(=O)(=O)NCCc2c(-c3ccccc3)n[nH]c2-c2ccc(OC)cc2)cc1. The van der Waals surface area contributed by atoms with Crippen molar-refractivity contribution in [2.24, 2.45) is 0 Å². The third-order valence-electron chi connectivity index (χ3n) is 6.26. The van der Waals surface area contributed by atoms with Crippen LogP contribution in [0.4, 0.5) is 0 Å². The molecule has 1 aromatic heterocycles. The van der Waals surface area contributed by atoms with Crippen LogP contribution in [0.2, 0.25) is 0 Å². The first kappa shape index (κ1) is 25.7. The minimum Gasteiger partial charge on any atom is -0.497 e. The van der Waals surface area contributed by atoms with Crippen molar-refractivity contribution >= 4 is 10.0 Å². The van der Waals surface area contributed by atoms with Crippen molar-refractivity contribution in [3.8, 4) is 28.3 Å². The van der Waals surface area contributed by atoms with Gasteiger partial charge in [-0.25, -0.2) is 13.1 Å². The molecule has 0 aliphatic heterocycles. The van der Waals surface area contributed by atoms with Crippen LogP contribution in [0.1, 0.15) is 37.3 Å². The fourth-order valence-electron chi connectivity index (χ4n) is 4.25. The number of methoxy groups -OCH3 is 1. The highest BCUT2D eigenvalue weighted by atomic mass is 32.2. The Hall–Kier alpha value is -3.42. The van der Waals surface area contributed by atoms with Gasteiger partial charge < -0.3 is 4.74 Å². The summed E-state index contributed by atoms with van der Waals surface area (Å²) in [6, 6.07) is 24.9. The summed E-state index contributed by atoms with van der Waals surface area (Å²) in [5.41, 5.74) is 5.74. The van der Waals surface area contributed by atoms with Crippen LogP contribution in [-0.4, -0.2) is 32.3 Å². The van der Waals surface area contributed by atoms with E-state index in [1.165, 1.54) is 12.8 Å². The van der Waals surface area contributed by atoms with Gasteiger partial charge in [0.05, 0.1) is 23.4 Å². The van der Waals surface area contributed by atoms with Gasteiger partial charge in [0.15, 0.2) is 0 Å². The van der Waals surface area contributed by atoms with Crippen LogP contribution in [0.3, 0.4) is 0 Å². The van der Waals surface area contributed by atoms with Crippen LogP contribution in [0.15, 0.2) is 83.8 Å². The monoisotopic (exact) mass is 503 g/mol. The summed E-state index contributed by atoms with van der Waals surface area (Å²) in [7, 11) is -1.98. The Bertz CT molecular complexity index is 1350. The molecule has 7 heteroatoms. The van der Waals surface area contributed by atoms with Crippen LogP contribution in [0.5, 0.6) is 5.75 Å². The fraction of sp³-hybridized carbons (Fsp3) is 0.276. The maximum absolute atomic E-state index is 13.0. The molecule has 3 aromatic carbocycles. The minimum absolute atomic E-state index is 0.253. The number of unbranched alkanes of at least 4 members (excludes halogenated alkanes) is 2. The summed E-state index contributed by atoms with van der Waals surface area (Å²) in [5, 5.41) is 7.75. The Morgan fingerprint density at radius 3 is 2.25 bits per heavy atom. The zero-order valence-electron chi connectivity index (χ0n) is 20.8. The van der Waals surface area contributed by atoms with Gasteiger partial charge in [-0.1, -0.05) is 62.2 Å². The molecule has 6 nitrogen and oxygen atoms in total. The first-order chi connectivity index (χ1) is 17.5. The highest BCUT2D eigenvalue weighted by molar-refractivity contribution is 7.89. The van der Waals surface area contributed by atoms with E-state index in [-0.39, 0.29) is 11.4 Å². The smallest absolute Gasteiger partial charge is 0.240 e. The summed E-state index contributed by atoms with van der Waals surface area (Å²) in [4.78, 5) is 0.285. The first-order valence-corrected chi connectivity index (χ1v) is 13.9. The molecule has 0 unspecified atom stereocenters. The van der Waals surface area contributed by atoms with Gasteiger partial charge in [-0.2, -0.15) is 5.10 Å². The quantitative estimate of drug-likeness (QED) is 0.232. The zero-order valence-corrected chi connectivity index (χ0v) is 21.6. The van der Waals surface area contributed by atoms with Crippen LogP contribution in [-0.2, 0) is 22.9 Å². The zero-order chi connectivity index (χ0) is 25.4. The molecule has 0 spiro atoms. The number of nitrogens with one attached hydrogen (secondary N) is 2. The van der Waals surface area contributed by atoms with Gasteiger partial charge in [0.2, 0.25) is 10.0 Å². The Balaban J connectivity index is 1.52. The van der Waals surface area contributed by atoms with Gasteiger partial charge in [-0.05, 0) is 61.2 Å². The number of nitrogens with zero attached hydrogens (tertiary/aromatic N) is 1. The number of aromatic nitrogens is 2. The number of aryl methyl sites for hydroxylation is 1. The van der Waals surface area contributed by atoms with Gasteiger partial charge in [0.1, 0.15) is 5.75 Å². The molecule has 2 N–H and O–H groups in total. The number of rotatable bonds is 12. The fourth-order valence-corrected chi connectivity index (χ4v) is 5.28. The van der Waals surface area contributed by atoms with Crippen molar-refractivity contribution in [3.63, 3.8) is 0 Å². The van der Waals surface area contributed by atoms with Crippen molar-refractivity contribution in [1.29, 1.82) is 0 Å². The van der Waals surface area contributed by atoms with Crippen molar-refractivity contribution < 1.29 is 13.2 Å². The summed E-state index contributed by atoms with van der Waals surface area (Å²) in [6.45, 7) is 2.43. The molecule has 0 radical (unpaired) electrons. The number of benzene rings is 3. The van der Waals surface area contributed by atoms with E-state index in [2.05, 4.69) is 21.8 Å². The predicted octanol–water partition coefficient (Wildman–Crippen LogP) is 6.01. The third kappa shape index (κ3) is 6.22. The second-order valence-electron chi connectivity index (χ2n) is 8.77. The van der Waals surface area contributed by atoms with Gasteiger partial charge in [0, 0.05) is 23.2 Å². The molecule has 4 aromatic rings. The average molecular weight is 504 g/mol. The lowest BCUT2D eigenvalue weighted by molar-refractivity contribution is 0.415. The summed E-state index contributed by atoms with van der Waals surface area (Å²) in [5.74, 6) is 0.771. The topological polar surface area (TPSA) is 84.1 Å². The normalized spacial score (nSPS) is 11.5. The third-order valence-corrected chi connectivity index (χ3v) is 7.74. The molecule has 0 aliphatic carbocycles. The number of ether oxygens (including phenoxy) is 1. The summed E-state index contributed by atoms with van der Waals surface area (Å²) in [6.07, 6.45) is 4.92. The van der Waals surface area contributed by atoms with Crippen molar-refractivity contribution in [3.05, 3.63) is 90.0 Å². The lowest BCUT2D eigenvalue weighted by atomic mass is 9.99. The minimum atomic E-state index is -3.62. The van der Waals surface area contributed by atoms with Crippen LogP contribution in [0.25, 0.3) is 22.5 Å². The number of hydrogen-bond acceptors (Lipinski definition) is 4. The van der Waals surface area contributed by atoms with Gasteiger partial charge >= 0.3 is 0 Å². The van der Waals surface area contributed by atoms with E-state index in [1.54, 1.807) is 19.2 Å². The maximum Gasteiger partial charge on any atom is 0.240 e. The van der Waals surface area contributed by atoms with Crippen LogP contribution >= 0.6 is 0 Å². The van der Waals surface area contributed by atoms with E-state index in [0.29, 0.717) is 6.42 Å². The predicted molar refractivity (Wildman–Crippen MR) is 145 cm³/mol. The molecule has 0 atom stereocenters. The Morgan fingerprint density at radius 2 is 1.58 bits per heavy atom. The Morgan fingerprint density at radius 1 is 0.861 bits per heavy atom. The van der Waals surface area contributed by atoms with Crippen molar-refractivity contribution in [2.45, 2.75) is 43.9 Å². The highest BCUT2D eigenvalue weighted by Crippen LogP contribution is 2.31. The number of H-pyrrole nitrogens is 1. The second-order valence-corrected chi connectivity index (χ2v) is 10.5. The molecule has 0 saturated carbocycles. The van der Waals surface area contributed by atoms with Gasteiger partial charge in [-0.15, -0.1) is 0 Å². The van der Waals surface area contributed by atoms with E-state index in [4.69, 9.17) is 4.74 Å². The lowest BCUT2D eigenvalue weighted by Crippen LogP contribution is -2.26. The molecule has 4 rings (SSSR count). The molecule has 188 valence electrons. The number of aromatic amines is 1. The molecular formula is C29H33N3O3S. The summed E-state index contributed by atoms with van der Waals surface area (Å²) < 4.78 is 34.0. The van der Waals surface area contributed by atoms with Crippen molar-refractivity contribution in [1.82, 2.24) is 14.9 Å². The maximum atomic E-state index is 13.0. The molecule has 36 heavy (non-hydrogen) atoms. The Labute approximate surface area is 213 Å². The number of sulfonamides is 1. The number of hydrogen-bond donors (Lipinski definition) is 2. The van der Waals surface area contributed by atoms with Crippen LogP contribution in [0, 0.1) is 0 Å². The van der Waals surface area contributed by atoms with E-state index in [1.807, 2.05) is 66.7 Å². The summed E-state index contributed by atoms with van der Waals surface area (Å²) >= 11 is 0. The van der Waals surface area contributed by atoms with E-state index in [0.717, 1.165) is 52.2 Å². The van der Waals surface area contributed by atoms with E-state index >= 15 is 0 Å². The lowest BCUT2D eigenvalue weighted by Gasteiger charge is -2.10. The van der Waals surface area contributed by atoms with Gasteiger partial charge in [-0.3, -0.25) is 5.10 Å². The van der Waals surface area contributed by atoms with E-state index in [9.17, 15) is 8.42 Å². The average Bonchev–Trinajstić information content (AvgIpc) is 3.33. The molecule has 0 fully saturated rings. The Kier molecular flexibility index (Phi) is 8.57. The molecular weight excluding hydrogens is 470 g/mol. The molecule has 0 amide bonds. The molecule has 0 saturated heterocycles. The largest absolute Gasteiger partial charge is 0.497 e. The molecule has 0 aliphatic rings. The standard InChI is InChI=1S/C29H33N3O3S/c1-3-4-6-9-22-12-18-26(19-13-22)36(33,34)30-21-20-27-28(23-10-7-5-8-11-23)31-32-29(27)24-14-16-25(35-2)17-15-24/h5,7-8,10-19,30H,3-4,6,9,20-21H2,1-2H3,(H,31,32). The van der Waals surface area contributed by atoms with Crippen LogP contribution < -0.4 is 9.46 Å².